The molecule has 4 N–H and O–H groups in total. The number of nitrogens with zero attached hydrogens (tertiary/aromatic N) is 1. The van der Waals surface area contributed by atoms with Crippen molar-refractivity contribution in [3.05, 3.63) is 0 Å². The highest BCUT2D eigenvalue weighted by Gasteiger charge is 2.34. The van der Waals surface area contributed by atoms with Crippen LogP contribution in [0.1, 0.15) is 13.3 Å². The maximum absolute atomic E-state index is 12.2. The van der Waals surface area contributed by atoms with Crippen molar-refractivity contribution in [3.8, 4) is 0 Å². The van der Waals surface area contributed by atoms with Gasteiger partial charge in [-0.15, -0.1) is 0 Å². The number of halogens is 3. The Kier molecular flexibility index (Phi) is 6.09. The van der Waals surface area contributed by atoms with E-state index in [9.17, 15) is 27.6 Å². The molecule has 1 atom stereocenters. The number of carbonyl (C=O) groups excluding carboxylic acids is 2. The second-order valence-corrected chi connectivity index (χ2v) is 3.89. The Morgan fingerprint density at radius 2 is 1.89 bits per heavy atom. The molecule has 7 nitrogen and oxygen atoms in total. The van der Waals surface area contributed by atoms with Gasteiger partial charge in [-0.1, -0.05) is 0 Å². The molecule has 0 aliphatic carbocycles. The number of carboxylic acid groups (broad SMARTS) is 1. The van der Waals surface area contributed by atoms with Crippen LogP contribution in [0.3, 0.4) is 0 Å². The molecule has 3 amide bonds. The lowest BCUT2D eigenvalue weighted by Gasteiger charge is -2.24. The molecule has 0 fully saturated rings. The van der Waals surface area contributed by atoms with Gasteiger partial charge < -0.3 is 21.1 Å². The topological polar surface area (TPSA) is 113 Å². The third kappa shape index (κ3) is 8.69. The summed E-state index contributed by atoms with van der Waals surface area (Å²) < 4.78 is 36.5. The first-order chi connectivity index (χ1) is 8.51. The van der Waals surface area contributed by atoms with E-state index in [1.165, 1.54) is 6.92 Å². The summed E-state index contributed by atoms with van der Waals surface area (Å²) in [5, 5.41) is 10.5. The lowest BCUT2D eigenvalue weighted by atomic mass is 10.2. The van der Waals surface area contributed by atoms with Gasteiger partial charge in [-0.05, 0) is 6.92 Å². The van der Waals surface area contributed by atoms with E-state index in [0.29, 0.717) is 0 Å². The van der Waals surface area contributed by atoms with Gasteiger partial charge in [0.25, 0.3) is 0 Å². The van der Waals surface area contributed by atoms with Crippen molar-refractivity contribution in [3.63, 3.8) is 0 Å². The third-order valence-corrected chi connectivity index (χ3v) is 1.86. The lowest BCUT2D eigenvalue weighted by molar-refractivity contribution is -0.149. The average Bonchev–Trinajstić information content (AvgIpc) is 2.11. The molecule has 0 bridgehead atoms. The molecule has 10 heteroatoms. The molecule has 1 unspecified atom stereocenters. The smallest absolute Gasteiger partial charge is 0.406 e. The number of hydrogen-bond donors (Lipinski definition) is 3. The van der Waals surface area contributed by atoms with E-state index in [2.05, 4.69) is 5.32 Å². The van der Waals surface area contributed by atoms with Crippen molar-refractivity contribution >= 4 is 17.9 Å². The summed E-state index contributed by atoms with van der Waals surface area (Å²) in [5.74, 6) is -2.32. The predicted molar refractivity (Wildman–Crippen MR) is 57.1 cm³/mol. The number of primary amides is 1. The van der Waals surface area contributed by atoms with Crippen LogP contribution in [0.15, 0.2) is 0 Å². The van der Waals surface area contributed by atoms with E-state index < -0.39 is 43.2 Å². The van der Waals surface area contributed by atoms with Crippen LogP contribution in [-0.2, 0) is 9.59 Å². The fourth-order valence-corrected chi connectivity index (χ4v) is 1.23. The number of rotatable bonds is 6. The van der Waals surface area contributed by atoms with Crippen LogP contribution in [0.2, 0.25) is 0 Å². The molecular weight excluding hydrogens is 271 g/mol. The van der Waals surface area contributed by atoms with Gasteiger partial charge in [0, 0.05) is 12.5 Å². The molecule has 0 saturated carbocycles. The Bertz CT molecular complexity index is 359. The first-order valence-electron chi connectivity index (χ1n) is 5.13. The molecule has 0 rings (SSSR count). The highest BCUT2D eigenvalue weighted by atomic mass is 19.4. The van der Waals surface area contributed by atoms with Crippen LogP contribution in [0.25, 0.3) is 0 Å². The van der Waals surface area contributed by atoms with Crippen LogP contribution in [0.4, 0.5) is 18.0 Å². The zero-order valence-electron chi connectivity index (χ0n) is 10.0. The lowest BCUT2D eigenvalue weighted by Crippen LogP contribution is -2.49. The molecule has 110 valence electrons. The second kappa shape index (κ2) is 6.81. The minimum absolute atomic E-state index is 0.0832. The fraction of sp³-hybridized carbons (Fsp3) is 0.667. The van der Waals surface area contributed by atoms with Gasteiger partial charge in [-0.3, -0.25) is 9.59 Å². The van der Waals surface area contributed by atoms with Crippen molar-refractivity contribution in [2.45, 2.75) is 25.6 Å². The number of carbonyl (C=O) groups is 3. The molecule has 0 aromatic heterocycles. The van der Waals surface area contributed by atoms with Crippen LogP contribution >= 0.6 is 0 Å². The van der Waals surface area contributed by atoms with Crippen molar-refractivity contribution < 1.29 is 32.7 Å². The van der Waals surface area contributed by atoms with Gasteiger partial charge >= 0.3 is 18.2 Å². The van der Waals surface area contributed by atoms with Gasteiger partial charge in [-0.2, -0.15) is 13.2 Å². The normalized spacial score (nSPS) is 12.6. The molecule has 0 spiro atoms. The first kappa shape index (κ1) is 17.0. The number of hydrogen-bond acceptors (Lipinski definition) is 3. The quantitative estimate of drug-likeness (QED) is 0.633. The molecule has 0 aliphatic heterocycles. The second-order valence-electron chi connectivity index (χ2n) is 3.89. The zero-order chi connectivity index (χ0) is 15.2. The third-order valence-electron chi connectivity index (χ3n) is 1.86. The number of alkyl halides is 3. The maximum Gasteiger partial charge on any atom is 0.406 e. The van der Waals surface area contributed by atoms with E-state index in [4.69, 9.17) is 10.8 Å². The van der Waals surface area contributed by atoms with Gasteiger partial charge in [0.2, 0.25) is 5.91 Å². The van der Waals surface area contributed by atoms with Gasteiger partial charge in [0.1, 0.15) is 13.1 Å². The molecule has 0 aliphatic rings. The molecule has 0 radical (unpaired) electrons. The number of carboxylic acids is 1. The van der Waals surface area contributed by atoms with Gasteiger partial charge in [0.15, 0.2) is 0 Å². The van der Waals surface area contributed by atoms with Crippen LogP contribution in [0.5, 0.6) is 0 Å². The Morgan fingerprint density at radius 3 is 2.26 bits per heavy atom. The van der Waals surface area contributed by atoms with Crippen molar-refractivity contribution in [2.24, 2.45) is 5.73 Å². The Labute approximate surface area is 106 Å². The van der Waals surface area contributed by atoms with Crippen molar-refractivity contribution in [1.82, 2.24) is 10.2 Å². The van der Waals surface area contributed by atoms with Crippen LogP contribution in [0, 0.1) is 0 Å². The minimum atomic E-state index is -4.72. The summed E-state index contributed by atoms with van der Waals surface area (Å²) in [6, 6.07) is -2.02. The van der Waals surface area contributed by atoms with Crippen LogP contribution in [-0.4, -0.2) is 53.2 Å². The number of amides is 3. The monoisotopic (exact) mass is 285 g/mol. The molecule has 19 heavy (non-hydrogen) atoms. The van der Waals surface area contributed by atoms with Crippen LogP contribution < -0.4 is 11.1 Å². The Balaban J connectivity index is 4.62. The highest BCUT2D eigenvalue weighted by Crippen LogP contribution is 2.16. The van der Waals surface area contributed by atoms with E-state index in [-0.39, 0.29) is 11.3 Å². The summed E-state index contributed by atoms with van der Waals surface area (Å²) >= 11 is 0. The average molecular weight is 285 g/mol. The van der Waals surface area contributed by atoms with Crippen molar-refractivity contribution in [2.75, 3.05) is 13.1 Å². The fourth-order valence-electron chi connectivity index (χ4n) is 1.23. The molecule has 0 aromatic carbocycles. The van der Waals surface area contributed by atoms with Gasteiger partial charge in [0.05, 0.1) is 0 Å². The molecule has 0 aromatic rings. The molecular formula is C9H14F3N3O4. The largest absolute Gasteiger partial charge is 0.480 e. The maximum atomic E-state index is 12.2. The van der Waals surface area contributed by atoms with Crippen molar-refractivity contribution in [1.29, 1.82) is 0 Å². The summed E-state index contributed by atoms with van der Waals surface area (Å²) in [6.45, 7) is -1.45. The summed E-state index contributed by atoms with van der Waals surface area (Å²) in [7, 11) is 0. The van der Waals surface area contributed by atoms with E-state index in [1.54, 1.807) is 0 Å². The minimum Gasteiger partial charge on any atom is -0.480 e. The number of nitrogens with two attached hydrogens (primary N) is 1. The van der Waals surface area contributed by atoms with E-state index >= 15 is 0 Å². The SMILES string of the molecule is CC(CC(N)=O)NC(=O)N(CC(=O)O)CC(F)(F)F. The molecule has 0 heterocycles. The Morgan fingerprint density at radius 1 is 1.37 bits per heavy atom. The number of nitrogens with one attached hydrogen (secondary N) is 1. The zero-order valence-corrected chi connectivity index (χ0v) is 10.0. The van der Waals surface area contributed by atoms with Gasteiger partial charge in [-0.25, -0.2) is 4.79 Å². The van der Waals surface area contributed by atoms with E-state index in [0.717, 1.165) is 0 Å². The molecule has 0 saturated heterocycles. The Hall–Kier alpha value is -2.00. The highest BCUT2D eigenvalue weighted by molar-refractivity contribution is 5.81. The first-order valence-corrected chi connectivity index (χ1v) is 5.13. The summed E-state index contributed by atoms with van der Waals surface area (Å²) in [6.07, 6.45) is -4.99. The summed E-state index contributed by atoms with van der Waals surface area (Å²) in [5.41, 5.74) is 4.85. The predicted octanol–water partition coefficient (Wildman–Crippen LogP) is -0.0912. The summed E-state index contributed by atoms with van der Waals surface area (Å²) in [4.78, 5) is 32.5. The number of aliphatic carboxylic acids is 1. The van der Waals surface area contributed by atoms with E-state index in [1.807, 2.05) is 0 Å². The number of urea groups is 1. The standard InChI is InChI=1S/C9H14F3N3O4/c1-5(2-6(13)16)14-8(19)15(3-7(17)18)4-9(10,11)12/h5H,2-4H2,1H3,(H2,13,16)(H,14,19)(H,17,18).